The van der Waals surface area contributed by atoms with Crippen molar-refractivity contribution in [1.29, 1.82) is 0 Å². The molecule has 1 N–H and O–H groups in total. The summed E-state index contributed by atoms with van der Waals surface area (Å²) < 4.78 is 10.1. The predicted octanol–water partition coefficient (Wildman–Crippen LogP) is -0.697. The van der Waals surface area contributed by atoms with Gasteiger partial charge in [-0.2, -0.15) is 0 Å². The molecule has 0 spiro atoms. The summed E-state index contributed by atoms with van der Waals surface area (Å²) in [5.41, 5.74) is 0. The molecule has 0 aliphatic carbocycles. The molecule has 2 aliphatic rings. The highest BCUT2D eigenvalue weighted by molar-refractivity contribution is 5.89. The second-order valence-corrected chi connectivity index (χ2v) is 4.99. The predicted molar refractivity (Wildman–Crippen MR) is 68.7 cm³/mol. The van der Waals surface area contributed by atoms with E-state index in [1.807, 2.05) is 0 Å². The van der Waals surface area contributed by atoms with E-state index in [9.17, 15) is 14.4 Å². The molecule has 112 valence electrons. The van der Waals surface area contributed by atoms with Crippen LogP contribution in [0.25, 0.3) is 0 Å². The van der Waals surface area contributed by atoms with Crippen molar-refractivity contribution in [2.45, 2.75) is 25.8 Å². The van der Waals surface area contributed by atoms with E-state index in [4.69, 9.17) is 9.47 Å². The van der Waals surface area contributed by atoms with Crippen LogP contribution in [0.3, 0.4) is 0 Å². The van der Waals surface area contributed by atoms with E-state index in [2.05, 4.69) is 5.32 Å². The number of hydrogen-bond acceptors (Lipinski definition) is 5. The van der Waals surface area contributed by atoms with E-state index in [-0.39, 0.29) is 36.9 Å². The third kappa shape index (κ3) is 3.47. The summed E-state index contributed by atoms with van der Waals surface area (Å²) in [7, 11) is 0. The summed E-state index contributed by atoms with van der Waals surface area (Å²) in [4.78, 5) is 36.7. The molecule has 2 amide bonds. The summed E-state index contributed by atoms with van der Waals surface area (Å²) in [6.07, 6.45) is 1.21. The first-order chi connectivity index (χ1) is 9.61. The van der Waals surface area contributed by atoms with Crippen molar-refractivity contribution >= 4 is 17.8 Å². The number of rotatable bonds is 3. The Bertz CT molecular complexity index is 390. The zero-order valence-corrected chi connectivity index (χ0v) is 11.6. The molecule has 1 unspecified atom stereocenters. The molecule has 1 atom stereocenters. The van der Waals surface area contributed by atoms with E-state index in [1.54, 1.807) is 11.8 Å². The van der Waals surface area contributed by atoms with Crippen LogP contribution in [0.4, 0.5) is 0 Å². The number of hydrogen-bond donors (Lipinski definition) is 1. The maximum absolute atomic E-state index is 12.2. The van der Waals surface area contributed by atoms with Crippen molar-refractivity contribution in [3.05, 3.63) is 0 Å². The van der Waals surface area contributed by atoms with Crippen LogP contribution in [0.15, 0.2) is 0 Å². The second kappa shape index (κ2) is 6.69. The Morgan fingerprint density at radius 3 is 2.70 bits per heavy atom. The SMILES string of the molecule is CCOC(=O)C1CCN(C(=O)C2COCC(=O)N2)CC1. The number of carbonyl (C=O) groups excluding carboxylic acids is 3. The number of likely N-dealkylation sites (tertiary alicyclic amines) is 1. The standard InChI is InChI=1S/C13H20N2O5/c1-2-20-13(18)9-3-5-15(6-4-9)12(17)10-7-19-8-11(16)14-10/h9-10H,2-8H2,1H3,(H,14,16). The summed E-state index contributed by atoms with van der Waals surface area (Å²) in [6.45, 7) is 3.40. The maximum Gasteiger partial charge on any atom is 0.309 e. The van der Waals surface area contributed by atoms with Gasteiger partial charge in [0.15, 0.2) is 0 Å². The van der Waals surface area contributed by atoms with Gasteiger partial charge >= 0.3 is 5.97 Å². The lowest BCUT2D eigenvalue weighted by molar-refractivity contribution is -0.152. The number of nitrogens with zero attached hydrogens (tertiary/aromatic N) is 1. The molecule has 2 rings (SSSR count). The first-order valence-corrected chi connectivity index (χ1v) is 6.94. The molecule has 0 aromatic rings. The molecular weight excluding hydrogens is 264 g/mol. The third-order valence-electron chi connectivity index (χ3n) is 3.58. The van der Waals surface area contributed by atoms with Gasteiger partial charge in [-0.3, -0.25) is 14.4 Å². The van der Waals surface area contributed by atoms with E-state index < -0.39 is 6.04 Å². The number of carbonyl (C=O) groups is 3. The van der Waals surface area contributed by atoms with Crippen molar-refractivity contribution in [3.63, 3.8) is 0 Å². The number of morpholine rings is 1. The quantitative estimate of drug-likeness (QED) is 0.693. The van der Waals surface area contributed by atoms with Gasteiger partial charge in [0.25, 0.3) is 0 Å². The largest absolute Gasteiger partial charge is 0.466 e. The van der Waals surface area contributed by atoms with E-state index in [0.29, 0.717) is 32.5 Å². The van der Waals surface area contributed by atoms with Crippen LogP contribution < -0.4 is 5.32 Å². The van der Waals surface area contributed by atoms with Crippen LogP contribution in [-0.2, 0) is 23.9 Å². The number of amides is 2. The normalized spacial score (nSPS) is 24.1. The Balaban J connectivity index is 1.82. The molecule has 7 heteroatoms. The minimum atomic E-state index is -0.601. The van der Waals surface area contributed by atoms with Gasteiger partial charge < -0.3 is 19.7 Å². The van der Waals surface area contributed by atoms with Crippen LogP contribution >= 0.6 is 0 Å². The lowest BCUT2D eigenvalue weighted by atomic mass is 9.96. The minimum absolute atomic E-state index is 0.00864. The number of esters is 1. The summed E-state index contributed by atoms with van der Waals surface area (Å²) in [6, 6.07) is -0.601. The summed E-state index contributed by atoms with van der Waals surface area (Å²) >= 11 is 0. The summed E-state index contributed by atoms with van der Waals surface area (Å²) in [5, 5.41) is 2.62. The lowest BCUT2D eigenvalue weighted by Gasteiger charge is -2.34. The zero-order valence-electron chi connectivity index (χ0n) is 11.6. The Kier molecular flexibility index (Phi) is 4.94. The maximum atomic E-state index is 12.2. The monoisotopic (exact) mass is 284 g/mol. The van der Waals surface area contributed by atoms with E-state index in [1.165, 1.54) is 0 Å². The van der Waals surface area contributed by atoms with Gasteiger partial charge in [-0.25, -0.2) is 0 Å². The van der Waals surface area contributed by atoms with Crippen molar-refractivity contribution in [2.75, 3.05) is 32.9 Å². The Hall–Kier alpha value is -1.63. The minimum Gasteiger partial charge on any atom is -0.466 e. The molecule has 20 heavy (non-hydrogen) atoms. The highest BCUT2D eigenvalue weighted by Crippen LogP contribution is 2.19. The molecule has 2 aliphatic heterocycles. The fraction of sp³-hybridized carbons (Fsp3) is 0.769. The lowest BCUT2D eigenvalue weighted by Crippen LogP contribution is -2.56. The van der Waals surface area contributed by atoms with Gasteiger partial charge in [0, 0.05) is 13.1 Å². The highest BCUT2D eigenvalue weighted by Gasteiger charge is 2.33. The van der Waals surface area contributed by atoms with Crippen molar-refractivity contribution < 1.29 is 23.9 Å². The van der Waals surface area contributed by atoms with E-state index in [0.717, 1.165) is 0 Å². The van der Waals surface area contributed by atoms with Crippen molar-refractivity contribution in [3.8, 4) is 0 Å². The number of ether oxygens (including phenoxy) is 2. The molecule has 0 aromatic carbocycles. The average molecular weight is 284 g/mol. The van der Waals surface area contributed by atoms with Gasteiger partial charge in [0.1, 0.15) is 12.6 Å². The van der Waals surface area contributed by atoms with Gasteiger partial charge in [0.2, 0.25) is 11.8 Å². The molecule has 2 heterocycles. The van der Waals surface area contributed by atoms with Crippen LogP contribution in [0.5, 0.6) is 0 Å². The van der Waals surface area contributed by atoms with Gasteiger partial charge in [-0.05, 0) is 19.8 Å². The fourth-order valence-electron chi connectivity index (χ4n) is 2.50. The van der Waals surface area contributed by atoms with Gasteiger partial charge in [-0.1, -0.05) is 0 Å². The molecule has 0 aromatic heterocycles. The second-order valence-electron chi connectivity index (χ2n) is 4.99. The number of piperidine rings is 1. The smallest absolute Gasteiger partial charge is 0.309 e. The summed E-state index contributed by atoms with van der Waals surface area (Å²) in [5.74, 6) is -0.721. The molecule has 2 saturated heterocycles. The van der Waals surface area contributed by atoms with Crippen LogP contribution in [0.1, 0.15) is 19.8 Å². The molecule has 0 bridgehead atoms. The molecular formula is C13H20N2O5. The highest BCUT2D eigenvalue weighted by atomic mass is 16.5. The van der Waals surface area contributed by atoms with Gasteiger partial charge in [-0.15, -0.1) is 0 Å². The average Bonchev–Trinajstić information content (AvgIpc) is 2.47. The van der Waals surface area contributed by atoms with Crippen molar-refractivity contribution in [2.24, 2.45) is 5.92 Å². The van der Waals surface area contributed by atoms with Crippen molar-refractivity contribution in [1.82, 2.24) is 10.2 Å². The van der Waals surface area contributed by atoms with Crippen LogP contribution in [0.2, 0.25) is 0 Å². The molecule has 7 nitrogen and oxygen atoms in total. The fourth-order valence-corrected chi connectivity index (χ4v) is 2.50. The molecule has 2 fully saturated rings. The van der Waals surface area contributed by atoms with Crippen LogP contribution in [0, 0.1) is 5.92 Å². The molecule has 0 saturated carbocycles. The first-order valence-electron chi connectivity index (χ1n) is 6.94. The number of nitrogens with one attached hydrogen (secondary N) is 1. The Morgan fingerprint density at radius 2 is 2.10 bits per heavy atom. The topological polar surface area (TPSA) is 84.9 Å². The first kappa shape index (κ1) is 14.8. The Labute approximate surface area is 117 Å². The van der Waals surface area contributed by atoms with E-state index >= 15 is 0 Å². The van der Waals surface area contributed by atoms with Crippen LogP contribution in [-0.4, -0.2) is 61.6 Å². The zero-order chi connectivity index (χ0) is 14.5. The van der Waals surface area contributed by atoms with Gasteiger partial charge in [0.05, 0.1) is 19.1 Å². The third-order valence-corrected chi connectivity index (χ3v) is 3.58. The molecule has 0 radical (unpaired) electrons. The Morgan fingerprint density at radius 1 is 1.40 bits per heavy atom.